The van der Waals surface area contributed by atoms with Crippen molar-refractivity contribution in [2.24, 2.45) is 0 Å². The van der Waals surface area contributed by atoms with Crippen LogP contribution >= 0.6 is 0 Å². The average molecular weight is 248 g/mol. The lowest BCUT2D eigenvalue weighted by Gasteiger charge is -2.08. The molecule has 19 heavy (non-hydrogen) atoms. The number of hydrogen-bond acceptors (Lipinski definition) is 4. The Bertz CT molecular complexity index is 709. The number of rotatable bonds is 3. The Balaban J connectivity index is 2.37. The molecule has 0 spiro atoms. The Labute approximate surface area is 110 Å². The number of carbonyl (C=O) groups is 1. The van der Waals surface area contributed by atoms with Crippen LogP contribution in [0.4, 0.5) is 0 Å². The Morgan fingerprint density at radius 3 is 2.42 bits per heavy atom. The van der Waals surface area contributed by atoms with Gasteiger partial charge in [0.25, 0.3) is 0 Å². The van der Waals surface area contributed by atoms with Crippen LogP contribution in [0.1, 0.15) is 21.5 Å². The highest BCUT2D eigenvalue weighted by Gasteiger charge is 2.06. The predicted molar refractivity (Wildman–Crippen MR) is 67.8 cm³/mol. The Morgan fingerprint density at radius 1 is 1.00 bits per heavy atom. The van der Waals surface area contributed by atoms with E-state index in [9.17, 15) is 4.79 Å². The van der Waals surface area contributed by atoms with Crippen LogP contribution in [-0.4, -0.2) is 6.29 Å². The fraction of sp³-hybridized carbons (Fsp3) is 0. The standard InChI is InChI=1S/C15H8N2O2/c16-8-11-5-6-14(7-13(11)9-17)19-15-4-2-1-3-12(15)10-18/h1-7,10H. The van der Waals surface area contributed by atoms with Gasteiger partial charge in [-0.2, -0.15) is 10.5 Å². The lowest BCUT2D eigenvalue weighted by atomic mass is 10.1. The van der Waals surface area contributed by atoms with Gasteiger partial charge in [-0.25, -0.2) is 0 Å². The summed E-state index contributed by atoms with van der Waals surface area (Å²) in [6, 6.07) is 15.2. The lowest BCUT2D eigenvalue weighted by Crippen LogP contribution is -1.91. The van der Waals surface area contributed by atoms with E-state index in [1.165, 1.54) is 12.1 Å². The van der Waals surface area contributed by atoms with E-state index in [1.54, 1.807) is 30.3 Å². The summed E-state index contributed by atoms with van der Waals surface area (Å²) in [6.07, 6.45) is 0.699. The molecule has 2 rings (SSSR count). The Morgan fingerprint density at radius 2 is 1.74 bits per heavy atom. The van der Waals surface area contributed by atoms with Crippen molar-refractivity contribution >= 4 is 6.29 Å². The molecule has 0 atom stereocenters. The number of benzene rings is 2. The summed E-state index contributed by atoms with van der Waals surface area (Å²) in [5, 5.41) is 17.8. The van der Waals surface area contributed by atoms with Crippen molar-refractivity contribution in [3.8, 4) is 23.6 Å². The van der Waals surface area contributed by atoms with Crippen LogP contribution in [0.3, 0.4) is 0 Å². The summed E-state index contributed by atoms with van der Waals surface area (Å²) >= 11 is 0. The summed E-state index contributed by atoms with van der Waals surface area (Å²) < 4.78 is 5.55. The van der Waals surface area contributed by atoms with Crippen molar-refractivity contribution in [2.75, 3.05) is 0 Å². The first-order chi connectivity index (χ1) is 9.28. The molecular formula is C15H8N2O2. The van der Waals surface area contributed by atoms with Gasteiger partial charge in [0, 0.05) is 0 Å². The summed E-state index contributed by atoms with van der Waals surface area (Å²) in [5.74, 6) is 0.816. The molecule has 0 fully saturated rings. The molecule has 0 amide bonds. The molecule has 0 radical (unpaired) electrons. The van der Waals surface area contributed by atoms with Gasteiger partial charge in [-0.1, -0.05) is 12.1 Å². The van der Waals surface area contributed by atoms with Gasteiger partial charge < -0.3 is 4.74 Å². The fourth-order valence-electron chi connectivity index (χ4n) is 1.57. The molecule has 4 nitrogen and oxygen atoms in total. The maximum Gasteiger partial charge on any atom is 0.153 e. The first-order valence-electron chi connectivity index (χ1n) is 5.45. The van der Waals surface area contributed by atoms with Crippen molar-refractivity contribution in [1.82, 2.24) is 0 Å². The van der Waals surface area contributed by atoms with Gasteiger partial charge in [-0.15, -0.1) is 0 Å². The van der Waals surface area contributed by atoms with E-state index in [4.69, 9.17) is 15.3 Å². The smallest absolute Gasteiger partial charge is 0.153 e. The third kappa shape index (κ3) is 2.59. The van der Waals surface area contributed by atoms with Gasteiger partial charge in [-0.05, 0) is 30.3 Å². The minimum absolute atomic E-state index is 0.239. The van der Waals surface area contributed by atoms with Gasteiger partial charge in [0.2, 0.25) is 0 Å². The molecule has 90 valence electrons. The molecule has 0 aliphatic carbocycles. The monoisotopic (exact) mass is 248 g/mol. The fourth-order valence-corrected chi connectivity index (χ4v) is 1.57. The van der Waals surface area contributed by atoms with Crippen LogP contribution < -0.4 is 4.74 Å². The third-order valence-electron chi connectivity index (χ3n) is 2.51. The number of nitrogens with zero attached hydrogens (tertiary/aromatic N) is 2. The highest BCUT2D eigenvalue weighted by Crippen LogP contribution is 2.25. The molecule has 4 heteroatoms. The second-order valence-electron chi connectivity index (χ2n) is 3.69. The molecule has 0 aromatic heterocycles. The Kier molecular flexibility index (Phi) is 3.56. The minimum atomic E-state index is 0.239. The number of carbonyl (C=O) groups excluding carboxylic acids is 1. The number of para-hydroxylation sites is 1. The summed E-state index contributed by atoms with van der Waals surface area (Å²) in [4.78, 5) is 10.9. The first-order valence-corrected chi connectivity index (χ1v) is 5.45. The highest BCUT2D eigenvalue weighted by atomic mass is 16.5. The largest absolute Gasteiger partial charge is 0.457 e. The predicted octanol–water partition coefficient (Wildman–Crippen LogP) is 3.03. The maximum absolute atomic E-state index is 10.9. The molecule has 0 N–H and O–H groups in total. The molecule has 0 aliphatic rings. The van der Waals surface area contributed by atoms with Crippen LogP contribution in [0.2, 0.25) is 0 Å². The number of aldehydes is 1. The van der Waals surface area contributed by atoms with E-state index < -0.39 is 0 Å². The number of ether oxygens (including phenoxy) is 1. The minimum Gasteiger partial charge on any atom is -0.457 e. The third-order valence-corrected chi connectivity index (χ3v) is 2.51. The van der Waals surface area contributed by atoms with Gasteiger partial charge in [-0.3, -0.25) is 4.79 Å². The van der Waals surface area contributed by atoms with Crippen molar-refractivity contribution in [3.63, 3.8) is 0 Å². The second-order valence-corrected chi connectivity index (χ2v) is 3.69. The van der Waals surface area contributed by atoms with Crippen LogP contribution in [0.15, 0.2) is 42.5 Å². The zero-order valence-electron chi connectivity index (χ0n) is 9.83. The molecule has 0 aliphatic heterocycles. The second kappa shape index (κ2) is 5.48. The van der Waals surface area contributed by atoms with Crippen molar-refractivity contribution in [2.45, 2.75) is 0 Å². The van der Waals surface area contributed by atoms with E-state index in [0.29, 0.717) is 28.9 Å². The lowest BCUT2D eigenvalue weighted by molar-refractivity contribution is 0.112. The summed E-state index contributed by atoms with van der Waals surface area (Å²) in [7, 11) is 0. The van der Waals surface area contributed by atoms with E-state index in [2.05, 4.69) is 0 Å². The molecule has 0 saturated carbocycles. The van der Waals surface area contributed by atoms with Gasteiger partial charge in [0.1, 0.15) is 23.6 Å². The quantitative estimate of drug-likeness (QED) is 0.782. The van der Waals surface area contributed by atoms with E-state index in [1.807, 2.05) is 12.1 Å². The topological polar surface area (TPSA) is 73.9 Å². The zero-order valence-corrected chi connectivity index (χ0v) is 9.83. The number of hydrogen-bond donors (Lipinski definition) is 0. The van der Waals surface area contributed by atoms with Gasteiger partial charge >= 0.3 is 0 Å². The van der Waals surface area contributed by atoms with Crippen molar-refractivity contribution in [3.05, 3.63) is 59.2 Å². The van der Waals surface area contributed by atoms with E-state index in [-0.39, 0.29) is 5.56 Å². The van der Waals surface area contributed by atoms with Crippen LogP contribution in [0.25, 0.3) is 0 Å². The molecule has 0 unspecified atom stereocenters. The molecule has 0 bridgehead atoms. The van der Waals surface area contributed by atoms with Crippen LogP contribution in [0.5, 0.6) is 11.5 Å². The summed E-state index contributed by atoms with van der Waals surface area (Å²) in [6.45, 7) is 0. The summed E-state index contributed by atoms with van der Waals surface area (Å²) in [5.41, 5.74) is 0.951. The Hall–Kier alpha value is -3.11. The molecule has 0 saturated heterocycles. The van der Waals surface area contributed by atoms with Gasteiger partial charge in [0.15, 0.2) is 6.29 Å². The van der Waals surface area contributed by atoms with Crippen LogP contribution in [0, 0.1) is 22.7 Å². The molecule has 0 heterocycles. The maximum atomic E-state index is 10.9. The van der Waals surface area contributed by atoms with E-state index >= 15 is 0 Å². The van der Waals surface area contributed by atoms with Gasteiger partial charge in [0.05, 0.1) is 16.7 Å². The SMILES string of the molecule is N#Cc1ccc(Oc2ccccc2C=O)cc1C#N. The molecular weight excluding hydrogens is 240 g/mol. The van der Waals surface area contributed by atoms with Crippen molar-refractivity contribution < 1.29 is 9.53 Å². The van der Waals surface area contributed by atoms with Crippen molar-refractivity contribution in [1.29, 1.82) is 10.5 Å². The zero-order chi connectivity index (χ0) is 13.7. The average Bonchev–Trinajstić information content (AvgIpc) is 2.47. The molecule has 2 aromatic rings. The first kappa shape index (κ1) is 12.3. The number of nitriles is 2. The van der Waals surface area contributed by atoms with E-state index in [0.717, 1.165) is 0 Å². The molecule has 2 aromatic carbocycles. The van der Waals surface area contributed by atoms with Crippen LogP contribution in [-0.2, 0) is 0 Å². The highest BCUT2D eigenvalue weighted by molar-refractivity contribution is 5.79. The normalized spacial score (nSPS) is 9.16.